The van der Waals surface area contributed by atoms with Crippen LogP contribution in [0.3, 0.4) is 0 Å². The van der Waals surface area contributed by atoms with Gasteiger partial charge < -0.3 is 0 Å². The van der Waals surface area contributed by atoms with Gasteiger partial charge in [0.25, 0.3) is 0 Å². The Balaban J connectivity index is 2.70. The Morgan fingerprint density at radius 2 is 2.23 bits per heavy atom. The summed E-state index contributed by atoms with van der Waals surface area (Å²) in [5.41, 5.74) is 1.07. The minimum Gasteiger partial charge on any atom is -0.272 e. The van der Waals surface area contributed by atoms with Crippen LogP contribution in [-0.4, -0.2) is 14.8 Å². The van der Waals surface area contributed by atoms with Crippen molar-refractivity contribution in [2.24, 2.45) is 0 Å². The number of allylic oxidation sites excluding steroid dienone is 2. The minimum absolute atomic E-state index is 0.174. The second-order valence-electron chi connectivity index (χ2n) is 3.08. The van der Waals surface area contributed by atoms with Crippen LogP contribution in [0.25, 0.3) is 0 Å². The lowest BCUT2D eigenvalue weighted by Crippen LogP contribution is -2.16. The first-order valence-electron chi connectivity index (χ1n) is 4.12. The lowest BCUT2D eigenvalue weighted by molar-refractivity contribution is 0.673. The monoisotopic (exact) mass is 199 g/mol. The molecular formula is C8H13N3OS. The van der Waals surface area contributed by atoms with Crippen molar-refractivity contribution >= 4 is 12.2 Å². The molecule has 0 saturated carbocycles. The number of rotatable bonds is 3. The molecule has 4 nitrogen and oxygen atoms in total. The maximum absolute atomic E-state index is 11.1. The first-order chi connectivity index (χ1) is 6.11. The van der Waals surface area contributed by atoms with E-state index in [1.165, 1.54) is 10.1 Å². The highest BCUT2D eigenvalue weighted by molar-refractivity contribution is 7.71. The van der Waals surface area contributed by atoms with E-state index >= 15 is 0 Å². The molecule has 0 amide bonds. The summed E-state index contributed by atoms with van der Waals surface area (Å²) < 4.78 is 1.96. The topological polar surface area (TPSA) is 53.6 Å². The van der Waals surface area contributed by atoms with Crippen LogP contribution in [-0.2, 0) is 6.54 Å². The Morgan fingerprint density at radius 3 is 2.69 bits per heavy atom. The fourth-order valence-corrected chi connectivity index (χ4v) is 1.24. The average Bonchev–Trinajstić information content (AvgIpc) is 2.34. The van der Waals surface area contributed by atoms with E-state index in [4.69, 9.17) is 12.2 Å². The smallest absolute Gasteiger partial charge is 0.272 e. The van der Waals surface area contributed by atoms with Crippen LogP contribution < -0.4 is 5.69 Å². The fraction of sp³-hybridized carbons (Fsp3) is 0.500. The highest BCUT2D eigenvalue weighted by Crippen LogP contribution is 1.94. The minimum atomic E-state index is -0.174. The standard InChI is InChI=1S/C8H13N3OS/c1-6(2)4-3-5-11-7(12)9-10-8(11)13/h4H,3,5H2,1-2H3,(H,9,12)(H,10,13). The van der Waals surface area contributed by atoms with E-state index in [2.05, 4.69) is 16.3 Å². The zero-order chi connectivity index (χ0) is 9.84. The number of H-pyrrole nitrogens is 2. The summed E-state index contributed by atoms with van der Waals surface area (Å²) in [4.78, 5) is 11.1. The summed E-state index contributed by atoms with van der Waals surface area (Å²) in [5, 5.41) is 5.03. The van der Waals surface area contributed by atoms with Gasteiger partial charge in [0.1, 0.15) is 0 Å². The van der Waals surface area contributed by atoms with E-state index in [0.29, 0.717) is 11.3 Å². The lowest BCUT2D eigenvalue weighted by atomic mass is 10.3. The molecular weight excluding hydrogens is 186 g/mol. The molecule has 1 rings (SSSR count). The quantitative estimate of drug-likeness (QED) is 0.573. The second-order valence-corrected chi connectivity index (χ2v) is 3.47. The van der Waals surface area contributed by atoms with Crippen molar-refractivity contribution in [1.29, 1.82) is 0 Å². The Bertz CT molecular complexity index is 378. The summed E-state index contributed by atoms with van der Waals surface area (Å²) >= 11 is 4.91. The Morgan fingerprint density at radius 1 is 1.54 bits per heavy atom. The summed E-state index contributed by atoms with van der Waals surface area (Å²) in [6.45, 7) is 4.68. The van der Waals surface area contributed by atoms with Gasteiger partial charge in [-0.25, -0.2) is 9.89 Å². The summed E-state index contributed by atoms with van der Waals surface area (Å²) in [7, 11) is 0. The molecule has 0 fully saturated rings. The molecule has 0 saturated heterocycles. The molecule has 0 aliphatic heterocycles. The second kappa shape index (κ2) is 4.23. The Labute approximate surface area is 81.3 Å². The average molecular weight is 199 g/mol. The third-order valence-electron chi connectivity index (χ3n) is 1.67. The predicted molar refractivity (Wildman–Crippen MR) is 54.3 cm³/mol. The molecule has 0 radical (unpaired) electrons. The molecule has 1 aromatic rings. The Hall–Kier alpha value is -1.10. The van der Waals surface area contributed by atoms with Crippen molar-refractivity contribution in [1.82, 2.24) is 14.8 Å². The van der Waals surface area contributed by atoms with Crippen molar-refractivity contribution < 1.29 is 0 Å². The van der Waals surface area contributed by atoms with Gasteiger partial charge in [0, 0.05) is 6.54 Å². The van der Waals surface area contributed by atoms with Gasteiger partial charge in [-0.1, -0.05) is 11.6 Å². The number of nitrogens with one attached hydrogen (secondary N) is 2. The van der Waals surface area contributed by atoms with Crippen molar-refractivity contribution in [2.45, 2.75) is 26.8 Å². The molecule has 13 heavy (non-hydrogen) atoms. The molecule has 2 N–H and O–H groups in total. The van der Waals surface area contributed by atoms with Gasteiger partial charge in [-0.05, 0) is 32.5 Å². The largest absolute Gasteiger partial charge is 0.342 e. The van der Waals surface area contributed by atoms with Crippen LogP contribution in [0.2, 0.25) is 0 Å². The molecule has 0 spiro atoms. The first-order valence-corrected chi connectivity index (χ1v) is 4.53. The number of aromatic nitrogens is 3. The Kier molecular flexibility index (Phi) is 3.25. The predicted octanol–water partition coefficient (Wildman–Crippen LogP) is 1.59. The maximum atomic E-state index is 11.1. The van der Waals surface area contributed by atoms with Crippen molar-refractivity contribution in [3.8, 4) is 0 Å². The van der Waals surface area contributed by atoms with Crippen molar-refractivity contribution in [3.63, 3.8) is 0 Å². The molecule has 72 valence electrons. The number of hydrogen-bond donors (Lipinski definition) is 2. The van der Waals surface area contributed by atoms with Gasteiger partial charge >= 0.3 is 5.69 Å². The molecule has 1 aromatic heterocycles. The molecule has 0 atom stereocenters. The van der Waals surface area contributed by atoms with Gasteiger partial charge in [0.15, 0.2) is 4.77 Å². The van der Waals surface area contributed by atoms with Crippen LogP contribution in [0.15, 0.2) is 16.4 Å². The third-order valence-corrected chi connectivity index (χ3v) is 1.99. The zero-order valence-corrected chi connectivity index (χ0v) is 8.57. The van der Waals surface area contributed by atoms with Crippen molar-refractivity contribution in [2.75, 3.05) is 0 Å². The molecule has 0 aliphatic carbocycles. The van der Waals surface area contributed by atoms with E-state index in [9.17, 15) is 4.79 Å². The van der Waals surface area contributed by atoms with Gasteiger partial charge in [-0.15, -0.1) is 0 Å². The molecule has 0 aromatic carbocycles. The number of aromatic amines is 2. The van der Waals surface area contributed by atoms with E-state index in [-0.39, 0.29) is 5.69 Å². The number of nitrogens with zero attached hydrogens (tertiary/aromatic N) is 1. The zero-order valence-electron chi connectivity index (χ0n) is 7.76. The SMILES string of the molecule is CC(C)=CCCn1c(=O)[nH][nH]c1=S. The summed E-state index contributed by atoms with van der Waals surface area (Å²) in [6, 6.07) is 0. The highest BCUT2D eigenvalue weighted by Gasteiger charge is 1.96. The molecule has 1 heterocycles. The summed E-state index contributed by atoms with van der Waals surface area (Å²) in [5.74, 6) is 0. The molecule has 0 bridgehead atoms. The van der Waals surface area contributed by atoms with E-state index < -0.39 is 0 Å². The maximum Gasteiger partial charge on any atom is 0.342 e. The van der Waals surface area contributed by atoms with Crippen LogP contribution >= 0.6 is 12.2 Å². The van der Waals surface area contributed by atoms with E-state index in [1.807, 2.05) is 13.8 Å². The fourth-order valence-electron chi connectivity index (χ4n) is 1.02. The van der Waals surface area contributed by atoms with Crippen LogP contribution in [0.5, 0.6) is 0 Å². The van der Waals surface area contributed by atoms with E-state index in [1.54, 1.807) is 0 Å². The normalized spacial score (nSPS) is 10.0. The van der Waals surface area contributed by atoms with Gasteiger partial charge in [-0.2, -0.15) is 0 Å². The first kappa shape index (κ1) is 9.98. The lowest BCUT2D eigenvalue weighted by Gasteiger charge is -1.95. The van der Waals surface area contributed by atoms with Crippen LogP contribution in [0, 0.1) is 4.77 Å². The van der Waals surface area contributed by atoms with Gasteiger partial charge in [-0.3, -0.25) is 9.67 Å². The molecule has 5 heteroatoms. The molecule has 0 aliphatic rings. The van der Waals surface area contributed by atoms with Crippen LogP contribution in [0.4, 0.5) is 0 Å². The summed E-state index contributed by atoms with van der Waals surface area (Å²) in [6.07, 6.45) is 2.91. The van der Waals surface area contributed by atoms with Gasteiger partial charge in [0.2, 0.25) is 0 Å². The van der Waals surface area contributed by atoms with Gasteiger partial charge in [0.05, 0.1) is 0 Å². The highest BCUT2D eigenvalue weighted by atomic mass is 32.1. The van der Waals surface area contributed by atoms with Crippen LogP contribution in [0.1, 0.15) is 20.3 Å². The number of hydrogen-bond acceptors (Lipinski definition) is 2. The van der Waals surface area contributed by atoms with E-state index in [0.717, 1.165) is 6.42 Å². The third kappa shape index (κ3) is 2.69. The molecule has 0 unspecified atom stereocenters. The van der Waals surface area contributed by atoms with Crippen molar-refractivity contribution in [3.05, 3.63) is 26.9 Å².